The van der Waals surface area contributed by atoms with Crippen LogP contribution in [-0.2, 0) is 21.3 Å². The first kappa shape index (κ1) is 19.1. The second-order valence-electron chi connectivity index (χ2n) is 5.07. The SMILES string of the molecule is CCOCC(C)NS(=O)(=O)c1cc(CNC(C)C)sc1Br. The third-order valence-corrected chi connectivity index (χ3v) is 6.45. The van der Waals surface area contributed by atoms with Crippen molar-refractivity contribution in [2.24, 2.45) is 0 Å². The standard InChI is InChI=1S/C13H23BrN2O3S2/c1-5-19-8-10(4)16-21(17,18)12-6-11(20-13(12)14)7-15-9(2)3/h6,9-10,15-16H,5,7-8H2,1-4H3. The first-order valence-electron chi connectivity index (χ1n) is 6.88. The van der Waals surface area contributed by atoms with Crippen LogP contribution in [0, 0.1) is 0 Å². The molecule has 1 heterocycles. The van der Waals surface area contributed by atoms with Crippen LogP contribution in [0.1, 0.15) is 32.6 Å². The first-order chi connectivity index (χ1) is 9.76. The molecule has 8 heteroatoms. The molecule has 5 nitrogen and oxygen atoms in total. The number of hydrogen-bond donors (Lipinski definition) is 2. The zero-order valence-corrected chi connectivity index (χ0v) is 16.0. The largest absolute Gasteiger partial charge is 0.380 e. The third-order valence-electron chi connectivity index (χ3n) is 2.61. The molecule has 0 spiro atoms. The highest BCUT2D eigenvalue weighted by molar-refractivity contribution is 9.11. The van der Waals surface area contributed by atoms with Crippen LogP contribution in [0.5, 0.6) is 0 Å². The van der Waals surface area contributed by atoms with Gasteiger partial charge in [-0.15, -0.1) is 11.3 Å². The molecule has 0 saturated heterocycles. The maximum Gasteiger partial charge on any atom is 0.242 e. The average molecular weight is 399 g/mol. The summed E-state index contributed by atoms with van der Waals surface area (Å²) >= 11 is 4.77. The number of sulfonamides is 1. The predicted molar refractivity (Wildman–Crippen MR) is 90.3 cm³/mol. The molecule has 2 N–H and O–H groups in total. The van der Waals surface area contributed by atoms with Crippen molar-refractivity contribution in [1.29, 1.82) is 0 Å². The van der Waals surface area contributed by atoms with E-state index in [0.717, 1.165) is 4.88 Å². The molecule has 0 aliphatic heterocycles. The summed E-state index contributed by atoms with van der Waals surface area (Å²) in [5.41, 5.74) is 0. The van der Waals surface area contributed by atoms with Crippen LogP contribution in [-0.4, -0.2) is 33.7 Å². The minimum Gasteiger partial charge on any atom is -0.380 e. The molecule has 0 amide bonds. The Balaban J connectivity index is 2.78. The Morgan fingerprint density at radius 1 is 1.38 bits per heavy atom. The molecule has 0 fully saturated rings. The van der Waals surface area contributed by atoms with Gasteiger partial charge in [0.05, 0.1) is 10.4 Å². The third kappa shape index (κ3) is 6.33. The van der Waals surface area contributed by atoms with Crippen molar-refractivity contribution in [2.75, 3.05) is 13.2 Å². The fourth-order valence-corrected chi connectivity index (χ4v) is 5.49. The van der Waals surface area contributed by atoms with Gasteiger partial charge in [-0.2, -0.15) is 0 Å². The normalized spacial score (nSPS) is 13.8. The molecular formula is C13H23BrN2O3S2. The van der Waals surface area contributed by atoms with E-state index in [4.69, 9.17) is 4.74 Å². The zero-order chi connectivity index (χ0) is 16.0. The molecule has 1 unspecified atom stereocenters. The van der Waals surface area contributed by atoms with Gasteiger partial charge < -0.3 is 10.1 Å². The molecule has 1 aromatic rings. The van der Waals surface area contributed by atoms with E-state index in [0.29, 0.717) is 29.6 Å². The predicted octanol–water partition coefficient (Wildman–Crippen LogP) is 2.71. The fraction of sp³-hybridized carbons (Fsp3) is 0.692. The van der Waals surface area contributed by atoms with Crippen LogP contribution in [0.15, 0.2) is 14.7 Å². The number of nitrogens with one attached hydrogen (secondary N) is 2. The highest BCUT2D eigenvalue weighted by atomic mass is 79.9. The van der Waals surface area contributed by atoms with Crippen LogP contribution in [0.25, 0.3) is 0 Å². The summed E-state index contributed by atoms with van der Waals surface area (Å²) in [6.45, 7) is 9.36. The van der Waals surface area contributed by atoms with Gasteiger partial charge >= 0.3 is 0 Å². The van der Waals surface area contributed by atoms with Crippen LogP contribution in [0.2, 0.25) is 0 Å². The van der Waals surface area contributed by atoms with Gasteiger partial charge in [0.2, 0.25) is 10.0 Å². The summed E-state index contributed by atoms with van der Waals surface area (Å²) in [6.07, 6.45) is 0. The number of hydrogen-bond acceptors (Lipinski definition) is 5. The van der Waals surface area contributed by atoms with Crippen molar-refractivity contribution in [3.05, 3.63) is 14.7 Å². The van der Waals surface area contributed by atoms with Crippen molar-refractivity contribution in [3.8, 4) is 0 Å². The van der Waals surface area contributed by atoms with Crippen LogP contribution >= 0.6 is 27.3 Å². The summed E-state index contributed by atoms with van der Waals surface area (Å²) in [5, 5.41) is 3.28. The van der Waals surface area contributed by atoms with E-state index in [2.05, 4.69) is 39.8 Å². The lowest BCUT2D eigenvalue weighted by molar-refractivity contribution is 0.133. The van der Waals surface area contributed by atoms with Gasteiger partial charge in [-0.3, -0.25) is 0 Å². The molecule has 21 heavy (non-hydrogen) atoms. The van der Waals surface area contributed by atoms with Crippen molar-refractivity contribution in [2.45, 2.75) is 51.2 Å². The van der Waals surface area contributed by atoms with Crippen LogP contribution in [0.4, 0.5) is 0 Å². The smallest absolute Gasteiger partial charge is 0.242 e. The van der Waals surface area contributed by atoms with Gasteiger partial charge in [0, 0.05) is 30.1 Å². The molecule has 0 radical (unpaired) electrons. The maximum absolute atomic E-state index is 12.4. The lowest BCUT2D eigenvalue weighted by atomic mass is 10.4. The van der Waals surface area contributed by atoms with Crippen LogP contribution < -0.4 is 10.0 Å². The summed E-state index contributed by atoms with van der Waals surface area (Å²) in [4.78, 5) is 1.27. The lowest BCUT2D eigenvalue weighted by Crippen LogP contribution is -2.35. The van der Waals surface area contributed by atoms with Gasteiger partial charge in [-0.1, -0.05) is 13.8 Å². The van der Waals surface area contributed by atoms with E-state index in [1.807, 2.05) is 6.92 Å². The molecule has 1 rings (SSSR count). The second kappa shape index (κ2) is 8.59. The quantitative estimate of drug-likeness (QED) is 0.670. The highest BCUT2D eigenvalue weighted by Gasteiger charge is 2.23. The Morgan fingerprint density at radius 2 is 2.05 bits per heavy atom. The van der Waals surface area contributed by atoms with E-state index in [1.54, 1.807) is 13.0 Å². The van der Waals surface area contributed by atoms with Gasteiger partial charge in [0.1, 0.15) is 4.90 Å². The molecule has 122 valence electrons. The van der Waals surface area contributed by atoms with Crippen molar-refractivity contribution in [3.63, 3.8) is 0 Å². The first-order valence-corrected chi connectivity index (χ1v) is 9.97. The Kier molecular flexibility index (Phi) is 7.80. The molecule has 0 saturated carbocycles. The number of halogens is 1. The van der Waals surface area contributed by atoms with E-state index in [9.17, 15) is 8.42 Å². The van der Waals surface area contributed by atoms with E-state index in [-0.39, 0.29) is 10.9 Å². The summed E-state index contributed by atoms with van der Waals surface area (Å²) < 4.78 is 33.2. The zero-order valence-electron chi connectivity index (χ0n) is 12.8. The monoisotopic (exact) mass is 398 g/mol. The van der Waals surface area contributed by atoms with E-state index in [1.165, 1.54) is 11.3 Å². The fourth-order valence-electron chi connectivity index (χ4n) is 1.63. The molecule has 0 aliphatic carbocycles. The Labute approximate surface area is 139 Å². The van der Waals surface area contributed by atoms with Crippen molar-refractivity contribution < 1.29 is 13.2 Å². The Hall–Kier alpha value is 0.01000. The maximum atomic E-state index is 12.4. The Morgan fingerprint density at radius 3 is 2.62 bits per heavy atom. The van der Waals surface area contributed by atoms with Crippen molar-refractivity contribution >= 4 is 37.3 Å². The molecule has 1 atom stereocenters. The van der Waals surface area contributed by atoms with Gasteiger partial charge in [-0.05, 0) is 35.8 Å². The summed E-state index contributed by atoms with van der Waals surface area (Å²) in [5.74, 6) is 0. The molecular weight excluding hydrogens is 376 g/mol. The number of thiophene rings is 1. The van der Waals surface area contributed by atoms with Gasteiger partial charge in [-0.25, -0.2) is 13.1 Å². The highest BCUT2D eigenvalue weighted by Crippen LogP contribution is 2.31. The molecule has 1 aromatic heterocycles. The average Bonchev–Trinajstić information content (AvgIpc) is 2.75. The minimum absolute atomic E-state index is 0.265. The number of ether oxygens (including phenoxy) is 1. The Bertz CT molecular complexity index is 544. The van der Waals surface area contributed by atoms with Crippen LogP contribution in [0.3, 0.4) is 0 Å². The molecule has 0 aliphatic rings. The second-order valence-corrected chi connectivity index (χ2v) is 9.21. The van der Waals surface area contributed by atoms with Gasteiger partial charge in [0.25, 0.3) is 0 Å². The number of rotatable bonds is 9. The molecule has 0 bridgehead atoms. The summed E-state index contributed by atoms with van der Waals surface area (Å²) in [7, 11) is -3.53. The van der Waals surface area contributed by atoms with Gasteiger partial charge in [0.15, 0.2) is 0 Å². The molecule has 0 aromatic carbocycles. The van der Waals surface area contributed by atoms with Crippen molar-refractivity contribution in [1.82, 2.24) is 10.0 Å². The minimum atomic E-state index is -3.53. The summed E-state index contributed by atoms with van der Waals surface area (Å²) in [6, 6.07) is 1.80. The van der Waals surface area contributed by atoms with E-state index >= 15 is 0 Å². The van der Waals surface area contributed by atoms with E-state index < -0.39 is 10.0 Å². The topological polar surface area (TPSA) is 67.4 Å². The lowest BCUT2D eigenvalue weighted by Gasteiger charge is -2.13.